The highest BCUT2D eigenvalue weighted by molar-refractivity contribution is 7.80. The molecule has 0 atom stereocenters. The van der Waals surface area contributed by atoms with Gasteiger partial charge in [0.1, 0.15) is 6.15 Å². The van der Waals surface area contributed by atoms with E-state index in [1.54, 1.807) is 12.1 Å². The standard InChI is InChI=1S/C32H12BF24.C13H11NOS/c34-25(35,36)13-1-14(26(37,38)39)6-21(5-13)33(22-7-15(27(40,41)42)2-16(8-22)28(43,44)45,23-9-17(29(46,47)48)3-18(10-23)30(49,50)51)24-11-19(31(52,53)54)4-20(12-24)32(55,56)57;15-13(10-14-8-2-1-3-9-14)11-4-6-12(16)7-5-11/h1-12H;1-9H,10H2/q-1;/p+1. The normalized spacial score (nSPS) is 13.4. The molecule has 0 saturated heterocycles. The monoisotopic (exact) mass is 1090 g/mol. The van der Waals surface area contributed by atoms with Crippen LogP contribution in [0.1, 0.15) is 54.9 Å². The summed E-state index contributed by atoms with van der Waals surface area (Å²) in [6.45, 7) is 0.368. The summed E-state index contributed by atoms with van der Waals surface area (Å²) in [4.78, 5) is 12.7. The van der Waals surface area contributed by atoms with E-state index in [0.717, 1.165) is 4.90 Å². The van der Waals surface area contributed by atoms with Gasteiger partial charge in [0.15, 0.2) is 12.4 Å². The highest BCUT2D eigenvalue weighted by Crippen LogP contribution is 2.41. The van der Waals surface area contributed by atoms with Gasteiger partial charge in [-0.05, 0) is 36.4 Å². The number of thiol groups is 1. The lowest BCUT2D eigenvalue weighted by molar-refractivity contribution is -0.683. The Morgan fingerprint density at radius 3 is 0.781 bits per heavy atom. The average Bonchev–Trinajstić information content (AvgIpc) is 3.25. The van der Waals surface area contributed by atoms with E-state index in [9.17, 15) is 110 Å². The molecule has 0 fully saturated rings. The Morgan fingerprint density at radius 1 is 0.356 bits per heavy atom. The third-order valence-electron chi connectivity index (χ3n) is 10.7. The van der Waals surface area contributed by atoms with Crippen LogP contribution >= 0.6 is 12.6 Å². The summed E-state index contributed by atoms with van der Waals surface area (Å²) >= 11 is 4.18. The van der Waals surface area contributed by atoms with Crippen molar-refractivity contribution in [2.45, 2.75) is 60.9 Å². The van der Waals surface area contributed by atoms with Crippen LogP contribution in [0.2, 0.25) is 0 Å². The summed E-state index contributed by atoms with van der Waals surface area (Å²) in [7, 11) is 0. The zero-order chi connectivity index (χ0) is 55.3. The van der Waals surface area contributed by atoms with Crippen molar-refractivity contribution >= 4 is 46.4 Å². The number of rotatable bonds is 7. The second-order valence-electron chi connectivity index (χ2n) is 15.7. The Kier molecular flexibility index (Phi) is 15.6. The molecule has 0 saturated carbocycles. The van der Waals surface area contributed by atoms with Crippen LogP contribution in [0.15, 0.2) is 133 Å². The number of hydrogen-bond donors (Lipinski definition) is 1. The Morgan fingerprint density at radius 2 is 0.575 bits per heavy atom. The number of carbonyl (C=O) groups excluding carboxylic acids is 1. The zero-order valence-electron chi connectivity index (χ0n) is 35.3. The Balaban J connectivity index is 0.000000520. The number of carbonyl (C=O) groups is 1. The molecule has 73 heavy (non-hydrogen) atoms. The van der Waals surface area contributed by atoms with Crippen LogP contribution < -0.4 is 26.4 Å². The molecular formula is C45H24BF24NOS. The molecular weight excluding hydrogens is 1070 g/mol. The Bertz CT molecular complexity index is 2510. The second kappa shape index (κ2) is 19.8. The van der Waals surface area contributed by atoms with Crippen molar-refractivity contribution in [3.63, 3.8) is 0 Å². The minimum atomic E-state index is -6.13. The van der Waals surface area contributed by atoms with Crippen LogP contribution in [0.3, 0.4) is 0 Å². The van der Waals surface area contributed by atoms with Crippen molar-refractivity contribution in [3.05, 3.63) is 178 Å². The molecule has 1 aromatic heterocycles. The minimum Gasteiger partial charge on any atom is -0.287 e. The third kappa shape index (κ3) is 13.6. The number of halogens is 24. The molecule has 0 aliphatic rings. The molecule has 6 aromatic rings. The molecule has 28 heteroatoms. The first-order chi connectivity index (χ1) is 33.0. The highest BCUT2D eigenvalue weighted by atomic mass is 32.1. The van der Waals surface area contributed by atoms with Crippen LogP contribution in [0, 0.1) is 0 Å². The zero-order valence-corrected chi connectivity index (χ0v) is 36.2. The predicted molar refractivity (Wildman–Crippen MR) is 215 cm³/mol. The first-order valence-corrected chi connectivity index (χ1v) is 20.1. The molecule has 392 valence electrons. The van der Waals surface area contributed by atoms with Crippen molar-refractivity contribution in [2.75, 3.05) is 0 Å². The summed E-state index contributed by atoms with van der Waals surface area (Å²) in [6.07, 6.45) is -51.0. The van der Waals surface area contributed by atoms with Crippen molar-refractivity contribution in [1.29, 1.82) is 0 Å². The SMILES string of the molecule is FC(F)(F)c1cc([B-](c2cc(C(F)(F)F)cc(C(F)(F)F)c2)(c2cc(C(F)(F)F)cc(C(F)(F)F)c2)c2cc(C(F)(F)F)cc(C(F)(F)F)c2)cc(C(F)(F)F)c1.O=C(C[n+]1ccccc1)c1ccc(S)cc1. The maximum atomic E-state index is 14.2. The van der Waals surface area contributed by atoms with Crippen molar-refractivity contribution < 1.29 is 115 Å². The molecule has 0 spiro atoms. The summed E-state index contributed by atoms with van der Waals surface area (Å²) < 4.78 is 343. The van der Waals surface area contributed by atoms with Crippen molar-refractivity contribution in [3.8, 4) is 0 Å². The van der Waals surface area contributed by atoms with Crippen molar-refractivity contribution in [1.82, 2.24) is 0 Å². The van der Waals surface area contributed by atoms with Crippen LogP contribution in [0.4, 0.5) is 105 Å². The summed E-state index contributed by atoms with van der Waals surface area (Å²) in [5.74, 6) is 0.101. The number of alkyl halides is 24. The second-order valence-corrected chi connectivity index (χ2v) is 16.3. The van der Waals surface area contributed by atoms with Crippen LogP contribution in [-0.4, -0.2) is 11.9 Å². The van der Waals surface area contributed by atoms with E-state index in [-0.39, 0.29) is 5.78 Å². The largest absolute Gasteiger partial charge is 0.416 e. The topological polar surface area (TPSA) is 20.9 Å². The number of ketones is 1. The number of hydrogen-bond acceptors (Lipinski definition) is 2. The highest BCUT2D eigenvalue weighted by Gasteiger charge is 2.47. The first kappa shape index (κ1) is 57.6. The van der Waals surface area contributed by atoms with E-state index in [1.165, 1.54) is 0 Å². The number of nitrogens with zero attached hydrogens (tertiary/aromatic N) is 1. The van der Waals surface area contributed by atoms with Crippen LogP contribution in [0.25, 0.3) is 0 Å². The van der Waals surface area contributed by atoms with Gasteiger partial charge in [-0.1, -0.05) is 66.7 Å². The van der Waals surface area contributed by atoms with E-state index in [0.29, 0.717) is 12.1 Å². The van der Waals surface area contributed by atoms with E-state index in [4.69, 9.17) is 0 Å². The molecule has 0 unspecified atom stereocenters. The first-order valence-electron chi connectivity index (χ1n) is 19.6. The lowest BCUT2D eigenvalue weighted by atomic mass is 9.12. The molecule has 0 N–H and O–H groups in total. The lowest BCUT2D eigenvalue weighted by Gasteiger charge is -2.46. The van der Waals surface area contributed by atoms with Gasteiger partial charge in [0, 0.05) is 22.6 Å². The summed E-state index contributed by atoms with van der Waals surface area (Å²) in [5, 5.41) is 0. The van der Waals surface area contributed by atoms with Gasteiger partial charge in [-0.3, -0.25) is 4.79 Å². The van der Waals surface area contributed by atoms with Crippen LogP contribution in [0.5, 0.6) is 0 Å². The van der Waals surface area contributed by atoms with Gasteiger partial charge < -0.3 is 0 Å². The van der Waals surface area contributed by atoms with E-state index < -0.39 is 195 Å². The third-order valence-corrected chi connectivity index (χ3v) is 11.0. The molecule has 6 rings (SSSR count). The molecule has 2 nitrogen and oxygen atoms in total. The molecule has 0 aliphatic heterocycles. The van der Waals surface area contributed by atoms with Crippen LogP contribution in [-0.2, 0) is 56.0 Å². The van der Waals surface area contributed by atoms with Gasteiger partial charge in [0.05, 0.1) is 44.5 Å². The molecule has 0 amide bonds. The summed E-state index contributed by atoms with van der Waals surface area (Å²) in [6, 6.07) is 4.18. The van der Waals surface area contributed by atoms with Gasteiger partial charge in [-0.25, -0.2) is 0 Å². The smallest absolute Gasteiger partial charge is 0.287 e. The maximum Gasteiger partial charge on any atom is 0.416 e. The average molecular weight is 1090 g/mol. The molecule has 5 aromatic carbocycles. The van der Waals surface area contributed by atoms with Gasteiger partial charge in [-0.2, -0.15) is 132 Å². The fourth-order valence-electron chi connectivity index (χ4n) is 7.51. The van der Waals surface area contributed by atoms with Gasteiger partial charge in [0.2, 0.25) is 12.3 Å². The predicted octanol–water partition coefficient (Wildman–Crippen LogP) is 13.4. The number of aromatic nitrogens is 1. The fourth-order valence-corrected chi connectivity index (χ4v) is 7.66. The minimum absolute atomic E-state index is 0.101. The fraction of sp³-hybridized carbons (Fsp3) is 0.200. The van der Waals surface area contributed by atoms with Gasteiger partial charge in [0.25, 0.3) is 0 Å². The van der Waals surface area contributed by atoms with Gasteiger partial charge in [-0.15, -0.1) is 12.6 Å². The number of Topliss-reactive ketones (excluding diaryl/α,β-unsaturated/α-hetero) is 1. The van der Waals surface area contributed by atoms with E-state index >= 15 is 0 Å². The molecule has 0 radical (unpaired) electrons. The summed E-state index contributed by atoms with van der Waals surface area (Å²) in [5.41, 5.74) is -29.5. The number of pyridine rings is 1. The van der Waals surface area contributed by atoms with Crippen molar-refractivity contribution in [2.24, 2.45) is 0 Å². The lowest BCUT2D eigenvalue weighted by Crippen LogP contribution is -2.75. The molecule has 0 bridgehead atoms. The quantitative estimate of drug-likeness (QED) is 0.0556. The maximum absolute atomic E-state index is 14.2. The van der Waals surface area contributed by atoms with E-state index in [1.807, 2.05) is 47.3 Å². The Labute approximate surface area is 399 Å². The molecule has 1 heterocycles. The van der Waals surface area contributed by atoms with Gasteiger partial charge >= 0.3 is 49.4 Å². The molecule has 0 aliphatic carbocycles. The number of benzene rings is 5. The van der Waals surface area contributed by atoms with E-state index in [2.05, 4.69) is 12.6 Å². The Hall–Kier alpha value is -6.35.